The van der Waals surface area contributed by atoms with E-state index in [2.05, 4.69) is 5.32 Å². The van der Waals surface area contributed by atoms with Crippen LogP contribution in [0.15, 0.2) is 30.3 Å². The molecular formula is C15H21NO2S. The molecule has 4 heteroatoms. The fraction of sp³-hybridized carbons (Fsp3) is 0.533. The summed E-state index contributed by atoms with van der Waals surface area (Å²) in [5.74, 6) is 0.431. The molecule has 1 aliphatic carbocycles. The van der Waals surface area contributed by atoms with Crippen LogP contribution in [0.4, 0.5) is 0 Å². The van der Waals surface area contributed by atoms with Crippen molar-refractivity contribution in [2.75, 3.05) is 13.6 Å². The third-order valence-electron chi connectivity index (χ3n) is 3.69. The molecule has 0 heterocycles. The van der Waals surface area contributed by atoms with Crippen molar-refractivity contribution in [1.29, 1.82) is 0 Å². The van der Waals surface area contributed by atoms with Gasteiger partial charge in [0.1, 0.15) is 0 Å². The first-order valence-corrected chi connectivity index (χ1v) is 7.69. The minimum absolute atomic E-state index is 0.0426. The number of aliphatic hydroxyl groups excluding tert-OH is 1. The zero-order valence-corrected chi connectivity index (χ0v) is 12.0. The first-order chi connectivity index (χ1) is 9.22. The molecule has 0 unspecified atom stereocenters. The van der Waals surface area contributed by atoms with E-state index in [1.54, 1.807) is 0 Å². The van der Waals surface area contributed by atoms with Crippen molar-refractivity contribution in [2.24, 2.45) is 5.92 Å². The SMILES string of the molecule is CNCC[C@@H]1CC[C@H](O)[C@H]1SC(=O)c1ccccc1. The average molecular weight is 279 g/mol. The van der Waals surface area contributed by atoms with Gasteiger partial charge >= 0.3 is 0 Å². The Morgan fingerprint density at radius 1 is 1.37 bits per heavy atom. The number of nitrogens with one attached hydrogen (secondary N) is 1. The number of carbonyl (C=O) groups is 1. The smallest absolute Gasteiger partial charge is 0.219 e. The van der Waals surface area contributed by atoms with Crippen LogP contribution in [0, 0.1) is 5.92 Å². The topological polar surface area (TPSA) is 49.3 Å². The summed E-state index contributed by atoms with van der Waals surface area (Å²) in [4.78, 5) is 12.2. The Hall–Kier alpha value is -0.840. The normalized spacial score (nSPS) is 26.5. The van der Waals surface area contributed by atoms with E-state index in [0.717, 1.165) is 31.4 Å². The highest BCUT2D eigenvalue weighted by Crippen LogP contribution is 2.38. The van der Waals surface area contributed by atoms with Crippen LogP contribution in [-0.2, 0) is 0 Å². The predicted octanol–water partition coefficient (Wildman–Crippen LogP) is 2.31. The molecule has 0 amide bonds. The van der Waals surface area contributed by atoms with E-state index in [-0.39, 0.29) is 16.5 Å². The van der Waals surface area contributed by atoms with E-state index >= 15 is 0 Å². The van der Waals surface area contributed by atoms with Crippen LogP contribution in [-0.4, -0.2) is 35.2 Å². The number of aliphatic hydroxyl groups is 1. The van der Waals surface area contributed by atoms with Gasteiger partial charge < -0.3 is 10.4 Å². The Bertz CT molecular complexity index is 410. The van der Waals surface area contributed by atoms with Crippen molar-refractivity contribution in [3.63, 3.8) is 0 Å². The first kappa shape index (κ1) is 14.6. The monoisotopic (exact) mass is 279 g/mol. The summed E-state index contributed by atoms with van der Waals surface area (Å²) in [7, 11) is 1.93. The van der Waals surface area contributed by atoms with Gasteiger partial charge in [-0.3, -0.25) is 4.79 Å². The lowest BCUT2D eigenvalue weighted by molar-refractivity contribution is 0.108. The molecule has 1 aliphatic rings. The van der Waals surface area contributed by atoms with Gasteiger partial charge in [-0.2, -0.15) is 0 Å². The number of hydrogen-bond acceptors (Lipinski definition) is 4. The number of carbonyl (C=O) groups excluding carboxylic acids is 1. The molecule has 3 nitrogen and oxygen atoms in total. The molecule has 0 bridgehead atoms. The number of rotatable bonds is 5. The van der Waals surface area contributed by atoms with Crippen molar-refractivity contribution >= 4 is 16.9 Å². The summed E-state index contributed by atoms with van der Waals surface area (Å²) in [5, 5.41) is 13.3. The largest absolute Gasteiger partial charge is 0.392 e. The lowest BCUT2D eigenvalue weighted by Crippen LogP contribution is -2.26. The van der Waals surface area contributed by atoms with Crippen LogP contribution in [0.1, 0.15) is 29.6 Å². The molecule has 104 valence electrons. The molecule has 1 saturated carbocycles. The fourth-order valence-corrected chi connectivity index (χ4v) is 3.88. The lowest BCUT2D eigenvalue weighted by atomic mass is 10.0. The van der Waals surface area contributed by atoms with Crippen LogP contribution in [0.5, 0.6) is 0 Å². The van der Waals surface area contributed by atoms with Crippen LogP contribution < -0.4 is 5.32 Å². The standard InChI is InChI=1S/C15H21NO2S/c1-16-10-9-11-7-8-13(17)14(11)19-15(18)12-5-3-2-4-6-12/h2-6,11,13-14,16-17H,7-10H2,1H3/t11-,13-,14-/m0/s1. The summed E-state index contributed by atoms with van der Waals surface area (Å²) in [6.45, 7) is 0.938. The van der Waals surface area contributed by atoms with Crippen molar-refractivity contribution in [3.8, 4) is 0 Å². The molecule has 1 aromatic carbocycles. The minimum atomic E-state index is -0.348. The highest BCUT2D eigenvalue weighted by molar-refractivity contribution is 8.14. The summed E-state index contributed by atoms with van der Waals surface area (Å²) >= 11 is 1.31. The Morgan fingerprint density at radius 3 is 2.79 bits per heavy atom. The molecule has 1 fully saturated rings. The van der Waals surface area contributed by atoms with Gasteiger partial charge in [0.15, 0.2) is 0 Å². The molecule has 0 spiro atoms. The maximum absolute atomic E-state index is 12.2. The molecule has 2 rings (SSSR count). The molecule has 0 radical (unpaired) electrons. The van der Waals surface area contributed by atoms with Gasteiger partial charge in [-0.1, -0.05) is 42.1 Å². The second-order valence-electron chi connectivity index (χ2n) is 5.03. The maximum atomic E-state index is 12.2. The zero-order valence-electron chi connectivity index (χ0n) is 11.2. The predicted molar refractivity (Wildman–Crippen MR) is 79.4 cm³/mol. The Balaban J connectivity index is 1.97. The van der Waals surface area contributed by atoms with Crippen molar-refractivity contribution in [1.82, 2.24) is 5.32 Å². The first-order valence-electron chi connectivity index (χ1n) is 6.81. The van der Waals surface area contributed by atoms with Crippen LogP contribution >= 0.6 is 11.8 Å². The van der Waals surface area contributed by atoms with E-state index < -0.39 is 0 Å². The van der Waals surface area contributed by atoms with Gasteiger partial charge in [0.25, 0.3) is 0 Å². The van der Waals surface area contributed by atoms with Gasteiger partial charge in [0.05, 0.1) is 6.10 Å². The molecule has 3 atom stereocenters. The Kier molecular flexibility index (Phi) is 5.43. The maximum Gasteiger partial charge on any atom is 0.219 e. The van der Waals surface area contributed by atoms with Crippen LogP contribution in [0.2, 0.25) is 0 Å². The third-order valence-corrected chi connectivity index (χ3v) is 5.12. The van der Waals surface area contributed by atoms with E-state index in [0.29, 0.717) is 5.92 Å². The summed E-state index contributed by atoms with van der Waals surface area (Å²) in [6.07, 6.45) is 2.50. The van der Waals surface area contributed by atoms with Crippen LogP contribution in [0.25, 0.3) is 0 Å². The summed E-state index contributed by atoms with van der Waals surface area (Å²) in [6, 6.07) is 9.31. The van der Waals surface area contributed by atoms with Crippen LogP contribution in [0.3, 0.4) is 0 Å². The molecular weight excluding hydrogens is 258 g/mol. The quantitative estimate of drug-likeness (QED) is 0.868. The Labute approximate surface area is 118 Å². The molecule has 0 aromatic heterocycles. The zero-order chi connectivity index (χ0) is 13.7. The highest BCUT2D eigenvalue weighted by Gasteiger charge is 2.36. The highest BCUT2D eigenvalue weighted by atomic mass is 32.2. The second kappa shape index (κ2) is 7.08. The fourth-order valence-electron chi connectivity index (χ4n) is 2.61. The van der Waals surface area contributed by atoms with E-state index in [9.17, 15) is 9.90 Å². The van der Waals surface area contributed by atoms with Gasteiger partial charge in [-0.05, 0) is 38.8 Å². The average Bonchev–Trinajstić information content (AvgIpc) is 2.78. The molecule has 19 heavy (non-hydrogen) atoms. The second-order valence-corrected chi connectivity index (χ2v) is 6.18. The molecule has 2 N–H and O–H groups in total. The van der Waals surface area contributed by atoms with E-state index in [1.165, 1.54) is 11.8 Å². The minimum Gasteiger partial charge on any atom is -0.392 e. The summed E-state index contributed by atoms with van der Waals surface area (Å²) < 4.78 is 0. The Morgan fingerprint density at radius 2 is 2.11 bits per heavy atom. The molecule has 1 aromatic rings. The van der Waals surface area contributed by atoms with Crippen molar-refractivity contribution < 1.29 is 9.90 Å². The van der Waals surface area contributed by atoms with E-state index in [1.807, 2.05) is 37.4 Å². The lowest BCUT2D eigenvalue weighted by Gasteiger charge is -2.20. The molecule has 0 saturated heterocycles. The van der Waals surface area contributed by atoms with Gasteiger partial charge in [0, 0.05) is 10.8 Å². The van der Waals surface area contributed by atoms with E-state index in [4.69, 9.17) is 0 Å². The summed E-state index contributed by atoms with van der Waals surface area (Å²) in [5.41, 5.74) is 0.721. The van der Waals surface area contributed by atoms with Gasteiger partial charge in [-0.15, -0.1) is 0 Å². The van der Waals surface area contributed by atoms with Crippen molar-refractivity contribution in [3.05, 3.63) is 35.9 Å². The molecule has 0 aliphatic heterocycles. The van der Waals surface area contributed by atoms with Gasteiger partial charge in [-0.25, -0.2) is 0 Å². The number of hydrogen-bond donors (Lipinski definition) is 2. The third kappa shape index (κ3) is 3.81. The number of benzene rings is 1. The number of thioether (sulfide) groups is 1. The van der Waals surface area contributed by atoms with Gasteiger partial charge in [0.2, 0.25) is 5.12 Å². The van der Waals surface area contributed by atoms with Crippen molar-refractivity contribution in [2.45, 2.75) is 30.6 Å².